The summed E-state index contributed by atoms with van der Waals surface area (Å²) in [5.74, 6) is 0.362. The van der Waals surface area contributed by atoms with Crippen LogP contribution in [0.4, 0.5) is 0 Å². The Kier molecular flexibility index (Phi) is 5.20. The molecule has 0 aromatic rings. The summed E-state index contributed by atoms with van der Waals surface area (Å²) in [7, 11) is 0. The van der Waals surface area contributed by atoms with E-state index in [4.69, 9.17) is 4.74 Å². The third-order valence-corrected chi connectivity index (χ3v) is 4.18. The van der Waals surface area contributed by atoms with Gasteiger partial charge in [0.1, 0.15) is 0 Å². The molecular weight excluding hydrogens is 240 g/mol. The van der Waals surface area contributed by atoms with Gasteiger partial charge in [0, 0.05) is 6.08 Å². The van der Waals surface area contributed by atoms with Crippen LogP contribution in [0, 0.1) is 11.8 Å². The number of aliphatic hydroxyl groups excluding tert-OH is 1. The monoisotopic (exact) mass is 264 g/mol. The highest BCUT2D eigenvalue weighted by Gasteiger charge is 2.30. The average Bonchev–Trinajstić information content (AvgIpc) is 2.83. The normalized spacial score (nSPS) is 40.2. The summed E-state index contributed by atoms with van der Waals surface area (Å²) in [4.78, 5) is 11.6. The van der Waals surface area contributed by atoms with Crippen molar-refractivity contribution in [3.63, 3.8) is 0 Å². The summed E-state index contributed by atoms with van der Waals surface area (Å²) in [6.45, 7) is 1.92. The molecule has 1 heterocycles. The van der Waals surface area contributed by atoms with E-state index in [2.05, 4.69) is 12.2 Å². The smallest absolute Gasteiger partial charge is 0.330 e. The Bertz CT molecular complexity index is 359. The highest BCUT2D eigenvalue weighted by Crippen LogP contribution is 2.35. The standard InChI is InChI=1S/C16H24O3/c1-12-6-3-2-4-7-13-8-5-9-14(13)15(17)10-11-16(18)19-12/h4,7,10-15,17H,2-3,5-6,8-9H2,1H3/b7-4+,11-10+/t12-,13-,14-,15-/m1/s1. The van der Waals surface area contributed by atoms with Crippen LogP contribution in [-0.2, 0) is 9.53 Å². The molecule has 0 spiro atoms. The minimum atomic E-state index is -0.541. The number of cyclic esters (lactones) is 1. The highest BCUT2D eigenvalue weighted by atomic mass is 16.5. The lowest BCUT2D eigenvalue weighted by molar-refractivity contribution is -0.142. The molecule has 2 rings (SSSR count). The number of hydrogen-bond acceptors (Lipinski definition) is 3. The van der Waals surface area contributed by atoms with Crippen LogP contribution < -0.4 is 0 Å². The molecule has 0 aromatic carbocycles. The third kappa shape index (κ3) is 4.20. The first-order valence-corrected chi connectivity index (χ1v) is 7.40. The van der Waals surface area contributed by atoms with Gasteiger partial charge < -0.3 is 9.84 Å². The molecule has 1 aliphatic carbocycles. The molecular formula is C16H24O3. The van der Waals surface area contributed by atoms with Crippen molar-refractivity contribution in [3.8, 4) is 0 Å². The number of fused-ring (bicyclic) bond motifs is 1. The lowest BCUT2D eigenvalue weighted by Gasteiger charge is -2.20. The minimum Gasteiger partial charge on any atom is -0.460 e. The number of hydrogen-bond donors (Lipinski definition) is 1. The summed E-state index contributed by atoms with van der Waals surface area (Å²) in [6.07, 6.45) is 13.2. The van der Waals surface area contributed by atoms with Crippen molar-refractivity contribution in [1.82, 2.24) is 0 Å². The molecule has 0 aromatic heterocycles. The first-order valence-electron chi connectivity index (χ1n) is 7.40. The molecule has 106 valence electrons. The van der Waals surface area contributed by atoms with Crippen molar-refractivity contribution in [2.45, 2.75) is 57.7 Å². The Hall–Kier alpha value is -1.09. The number of rotatable bonds is 0. The van der Waals surface area contributed by atoms with Crippen LogP contribution in [0.5, 0.6) is 0 Å². The SMILES string of the molecule is C[C@@H]1CCC/C=C/[C@@H]2CCC[C@H]2[C@H](O)/C=C/C(=O)O1. The van der Waals surface area contributed by atoms with Gasteiger partial charge in [-0.25, -0.2) is 4.79 Å². The van der Waals surface area contributed by atoms with Gasteiger partial charge >= 0.3 is 5.97 Å². The van der Waals surface area contributed by atoms with E-state index in [0.29, 0.717) is 5.92 Å². The quantitative estimate of drug-likeness (QED) is 0.540. The number of esters is 1. The van der Waals surface area contributed by atoms with Crippen molar-refractivity contribution in [2.75, 3.05) is 0 Å². The van der Waals surface area contributed by atoms with E-state index in [1.165, 1.54) is 6.08 Å². The lowest BCUT2D eigenvalue weighted by Crippen LogP contribution is -2.21. The zero-order valence-corrected chi connectivity index (χ0v) is 11.6. The summed E-state index contributed by atoms with van der Waals surface area (Å²) in [5, 5.41) is 10.2. The summed E-state index contributed by atoms with van der Waals surface area (Å²) in [6, 6.07) is 0. The Morgan fingerprint density at radius 1 is 1.21 bits per heavy atom. The Balaban J connectivity index is 2.08. The highest BCUT2D eigenvalue weighted by molar-refractivity contribution is 5.82. The maximum atomic E-state index is 11.6. The van der Waals surface area contributed by atoms with Crippen LogP contribution in [-0.4, -0.2) is 23.3 Å². The van der Waals surface area contributed by atoms with Gasteiger partial charge in [-0.05, 0) is 56.9 Å². The molecule has 0 unspecified atom stereocenters. The molecule has 19 heavy (non-hydrogen) atoms. The van der Waals surface area contributed by atoms with Gasteiger partial charge in [0.05, 0.1) is 12.2 Å². The van der Waals surface area contributed by atoms with Crippen LogP contribution in [0.25, 0.3) is 0 Å². The predicted molar refractivity (Wildman–Crippen MR) is 74.5 cm³/mol. The minimum absolute atomic E-state index is 0.0528. The Labute approximate surface area is 115 Å². The third-order valence-electron chi connectivity index (χ3n) is 4.18. The van der Waals surface area contributed by atoms with E-state index >= 15 is 0 Å². The molecule has 1 N–H and O–H groups in total. The Morgan fingerprint density at radius 3 is 2.89 bits per heavy atom. The van der Waals surface area contributed by atoms with E-state index in [1.54, 1.807) is 6.08 Å². The van der Waals surface area contributed by atoms with E-state index in [-0.39, 0.29) is 18.0 Å². The van der Waals surface area contributed by atoms with Gasteiger partial charge in [-0.1, -0.05) is 18.6 Å². The van der Waals surface area contributed by atoms with Gasteiger partial charge in [0.25, 0.3) is 0 Å². The predicted octanol–water partition coefficient (Wildman–Crippen LogP) is 2.99. The zero-order valence-electron chi connectivity index (χ0n) is 11.6. The van der Waals surface area contributed by atoms with Gasteiger partial charge in [-0.3, -0.25) is 0 Å². The van der Waals surface area contributed by atoms with Crippen LogP contribution in [0.15, 0.2) is 24.3 Å². The molecule has 3 heteroatoms. The zero-order chi connectivity index (χ0) is 13.7. The van der Waals surface area contributed by atoms with Crippen LogP contribution in [0.2, 0.25) is 0 Å². The second kappa shape index (κ2) is 6.90. The van der Waals surface area contributed by atoms with Crippen molar-refractivity contribution < 1.29 is 14.6 Å². The van der Waals surface area contributed by atoms with Crippen molar-refractivity contribution >= 4 is 5.97 Å². The first kappa shape index (κ1) is 14.3. The van der Waals surface area contributed by atoms with E-state index in [0.717, 1.165) is 38.5 Å². The molecule has 0 radical (unpaired) electrons. The molecule has 1 saturated carbocycles. The summed E-state index contributed by atoms with van der Waals surface area (Å²) < 4.78 is 5.26. The van der Waals surface area contributed by atoms with E-state index in [9.17, 15) is 9.90 Å². The molecule has 3 nitrogen and oxygen atoms in total. The number of aliphatic hydroxyl groups is 1. The van der Waals surface area contributed by atoms with Gasteiger partial charge in [0.2, 0.25) is 0 Å². The Morgan fingerprint density at radius 2 is 2.05 bits per heavy atom. The molecule has 4 atom stereocenters. The van der Waals surface area contributed by atoms with Crippen LogP contribution in [0.3, 0.4) is 0 Å². The van der Waals surface area contributed by atoms with E-state index < -0.39 is 6.10 Å². The second-order valence-corrected chi connectivity index (χ2v) is 5.71. The van der Waals surface area contributed by atoms with E-state index in [1.807, 2.05) is 6.92 Å². The number of carbonyl (C=O) groups excluding carboxylic acids is 1. The molecule has 0 amide bonds. The average molecular weight is 264 g/mol. The second-order valence-electron chi connectivity index (χ2n) is 5.71. The fourth-order valence-corrected chi connectivity index (χ4v) is 3.09. The van der Waals surface area contributed by atoms with Crippen LogP contribution in [0.1, 0.15) is 45.4 Å². The largest absolute Gasteiger partial charge is 0.460 e. The maximum absolute atomic E-state index is 11.6. The van der Waals surface area contributed by atoms with Crippen molar-refractivity contribution in [3.05, 3.63) is 24.3 Å². The summed E-state index contributed by atoms with van der Waals surface area (Å²) in [5.41, 5.74) is 0. The maximum Gasteiger partial charge on any atom is 0.330 e. The number of carbonyl (C=O) groups is 1. The molecule has 0 bridgehead atoms. The fraction of sp³-hybridized carbons (Fsp3) is 0.688. The van der Waals surface area contributed by atoms with Gasteiger partial charge in [-0.2, -0.15) is 0 Å². The molecule has 1 fully saturated rings. The first-order chi connectivity index (χ1) is 9.16. The van der Waals surface area contributed by atoms with Gasteiger partial charge in [0.15, 0.2) is 0 Å². The molecule has 1 aliphatic heterocycles. The lowest BCUT2D eigenvalue weighted by atomic mass is 9.90. The number of allylic oxidation sites excluding steroid dienone is 2. The summed E-state index contributed by atoms with van der Waals surface area (Å²) >= 11 is 0. The van der Waals surface area contributed by atoms with Crippen LogP contribution >= 0.6 is 0 Å². The molecule has 2 aliphatic rings. The topological polar surface area (TPSA) is 46.5 Å². The van der Waals surface area contributed by atoms with Crippen molar-refractivity contribution in [2.24, 2.45) is 11.8 Å². The fourth-order valence-electron chi connectivity index (χ4n) is 3.09. The van der Waals surface area contributed by atoms with Crippen molar-refractivity contribution in [1.29, 1.82) is 0 Å². The molecule has 0 saturated heterocycles. The van der Waals surface area contributed by atoms with Gasteiger partial charge in [-0.15, -0.1) is 0 Å². The number of ether oxygens (including phenoxy) is 1.